The van der Waals surface area contributed by atoms with Gasteiger partial charge < -0.3 is 10.2 Å². The number of anilines is 1. The average Bonchev–Trinajstić information content (AvgIpc) is 3.18. The lowest BCUT2D eigenvalue weighted by molar-refractivity contribution is -0.134. The Bertz CT molecular complexity index is 613. The van der Waals surface area contributed by atoms with Crippen molar-refractivity contribution in [3.63, 3.8) is 0 Å². The van der Waals surface area contributed by atoms with Crippen LogP contribution >= 0.6 is 0 Å². The Morgan fingerprint density at radius 1 is 1.21 bits per heavy atom. The highest BCUT2D eigenvalue weighted by molar-refractivity contribution is 5.95. The Balaban J connectivity index is 1.49. The maximum Gasteiger partial charge on any atom is 0.243 e. The Hall–Kier alpha value is -1.84. The number of benzene rings is 1. The number of nitrogens with zero attached hydrogens (tertiary/aromatic N) is 1. The number of aryl methyl sites for hydroxylation is 1. The van der Waals surface area contributed by atoms with Crippen molar-refractivity contribution in [2.45, 2.75) is 45.4 Å². The quantitative estimate of drug-likeness (QED) is 0.869. The number of nitrogens with one attached hydrogen (secondary N) is 1. The first-order valence-electron chi connectivity index (χ1n) is 9.18. The normalized spacial score (nSPS) is 24.8. The van der Waals surface area contributed by atoms with Gasteiger partial charge in [0.2, 0.25) is 11.8 Å². The van der Waals surface area contributed by atoms with Crippen LogP contribution in [-0.2, 0) is 16.0 Å². The third-order valence-electron chi connectivity index (χ3n) is 5.80. The van der Waals surface area contributed by atoms with Crippen LogP contribution in [0.15, 0.2) is 24.3 Å². The number of carbonyl (C=O) groups is 2. The summed E-state index contributed by atoms with van der Waals surface area (Å²) in [6.07, 6.45) is 6.65. The number of carbonyl (C=O) groups excluding carboxylic acids is 2. The number of fused-ring (bicyclic) bond motifs is 2. The van der Waals surface area contributed by atoms with Gasteiger partial charge in [-0.15, -0.1) is 0 Å². The average molecular weight is 328 g/mol. The fraction of sp³-hybridized carbons (Fsp3) is 0.600. The SMILES string of the molecule is CCc1ccccc1NC(=O)CN(C)C(=O)C[C@H]1C[C@@H]2CC[C@@H]1C2. The van der Waals surface area contributed by atoms with Crippen molar-refractivity contribution in [3.8, 4) is 0 Å². The molecule has 0 saturated heterocycles. The molecule has 0 aliphatic heterocycles. The van der Waals surface area contributed by atoms with Gasteiger partial charge >= 0.3 is 0 Å². The number of hydrogen-bond donors (Lipinski definition) is 1. The van der Waals surface area contributed by atoms with Crippen molar-refractivity contribution in [2.75, 3.05) is 18.9 Å². The summed E-state index contributed by atoms with van der Waals surface area (Å²) in [7, 11) is 1.74. The molecule has 3 atom stereocenters. The van der Waals surface area contributed by atoms with Crippen LogP contribution in [0, 0.1) is 17.8 Å². The Kier molecular flexibility index (Phi) is 5.22. The van der Waals surface area contributed by atoms with E-state index in [2.05, 4.69) is 12.2 Å². The smallest absolute Gasteiger partial charge is 0.243 e. The van der Waals surface area contributed by atoms with Crippen LogP contribution < -0.4 is 5.32 Å². The second-order valence-electron chi connectivity index (χ2n) is 7.45. The van der Waals surface area contributed by atoms with Crippen molar-refractivity contribution in [2.24, 2.45) is 17.8 Å². The van der Waals surface area contributed by atoms with Gasteiger partial charge in [-0.05, 0) is 55.1 Å². The number of amides is 2. The van der Waals surface area contributed by atoms with E-state index in [1.807, 2.05) is 24.3 Å². The van der Waals surface area contributed by atoms with Gasteiger partial charge in [0.05, 0.1) is 6.54 Å². The first kappa shape index (κ1) is 17.0. The minimum atomic E-state index is -0.125. The van der Waals surface area contributed by atoms with Crippen molar-refractivity contribution in [1.29, 1.82) is 0 Å². The van der Waals surface area contributed by atoms with Crippen LogP contribution in [0.3, 0.4) is 0 Å². The number of rotatable bonds is 6. The lowest BCUT2D eigenvalue weighted by atomic mass is 9.86. The fourth-order valence-electron chi connectivity index (χ4n) is 4.45. The van der Waals surface area contributed by atoms with Gasteiger partial charge in [-0.3, -0.25) is 9.59 Å². The van der Waals surface area contributed by atoms with E-state index in [0.29, 0.717) is 12.3 Å². The van der Waals surface area contributed by atoms with E-state index >= 15 is 0 Å². The third kappa shape index (κ3) is 3.80. The minimum Gasteiger partial charge on any atom is -0.336 e. The number of para-hydroxylation sites is 1. The van der Waals surface area contributed by atoms with Crippen LogP contribution in [0.5, 0.6) is 0 Å². The van der Waals surface area contributed by atoms with Crippen LogP contribution in [0.4, 0.5) is 5.69 Å². The third-order valence-corrected chi connectivity index (χ3v) is 5.80. The summed E-state index contributed by atoms with van der Waals surface area (Å²) in [4.78, 5) is 26.3. The molecule has 0 aromatic heterocycles. The summed E-state index contributed by atoms with van der Waals surface area (Å²) in [5.74, 6) is 2.12. The van der Waals surface area contributed by atoms with E-state index in [1.54, 1.807) is 11.9 Å². The van der Waals surface area contributed by atoms with E-state index in [-0.39, 0.29) is 18.4 Å². The predicted octanol–water partition coefficient (Wildman–Crippen LogP) is 3.47. The van der Waals surface area contributed by atoms with E-state index < -0.39 is 0 Å². The largest absolute Gasteiger partial charge is 0.336 e. The van der Waals surface area contributed by atoms with Crippen LogP contribution in [0.2, 0.25) is 0 Å². The Morgan fingerprint density at radius 3 is 2.67 bits per heavy atom. The summed E-state index contributed by atoms with van der Waals surface area (Å²) >= 11 is 0. The minimum absolute atomic E-state index is 0.103. The molecule has 2 amide bonds. The second-order valence-corrected chi connectivity index (χ2v) is 7.45. The molecule has 24 heavy (non-hydrogen) atoms. The zero-order chi connectivity index (χ0) is 17.1. The maximum atomic E-state index is 12.4. The summed E-state index contributed by atoms with van der Waals surface area (Å²) in [5.41, 5.74) is 1.96. The van der Waals surface area contributed by atoms with Gasteiger partial charge in [-0.2, -0.15) is 0 Å². The van der Waals surface area contributed by atoms with Crippen molar-refractivity contribution in [1.82, 2.24) is 4.90 Å². The lowest BCUT2D eigenvalue weighted by Crippen LogP contribution is -2.36. The molecule has 2 saturated carbocycles. The fourth-order valence-corrected chi connectivity index (χ4v) is 4.45. The van der Waals surface area contributed by atoms with E-state index in [1.165, 1.54) is 25.7 Å². The van der Waals surface area contributed by atoms with Crippen molar-refractivity contribution < 1.29 is 9.59 Å². The van der Waals surface area contributed by atoms with Crippen molar-refractivity contribution in [3.05, 3.63) is 29.8 Å². The predicted molar refractivity (Wildman–Crippen MR) is 95.6 cm³/mol. The molecule has 130 valence electrons. The molecule has 4 heteroatoms. The second kappa shape index (κ2) is 7.37. The maximum absolute atomic E-state index is 12.4. The highest BCUT2D eigenvalue weighted by atomic mass is 16.2. The molecule has 3 rings (SSSR count). The summed E-state index contributed by atoms with van der Waals surface area (Å²) < 4.78 is 0. The summed E-state index contributed by atoms with van der Waals surface area (Å²) in [6, 6.07) is 7.81. The molecular weight excluding hydrogens is 300 g/mol. The molecule has 0 spiro atoms. The summed E-state index contributed by atoms with van der Waals surface area (Å²) in [5, 5.41) is 2.94. The first-order valence-corrected chi connectivity index (χ1v) is 9.18. The molecule has 4 nitrogen and oxygen atoms in total. The monoisotopic (exact) mass is 328 g/mol. The van der Waals surface area contributed by atoms with Gasteiger partial charge in [0.1, 0.15) is 0 Å². The van der Waals surface area contributed by atoms with Gasteiger partial charge in [-0.1, -0.05) is 31.5 Å². The van der Waals surface area contributed by atoms with Gasteiger partial charge in [0.15, 0.2) is 0 Å². The van der Waals surface area contributed by atoms with Gasteiger partial charge in [0, 0.05) is 19.2 Å². The molecule has 1 aromatic carbocycles. The molecule has 2 aliphatic rings. The first-order chi connectivity index (χ1) is 11.6. The van der Waals surface area contributed by atoms with E-state index in [9.17, 15) is 9.59 Å². The van der Waals surface area contributed by atoms with Crippen LogP contribution in [-0.4, -0.2) is 30.3 Å². The van der Waals surface area contributed by atoms with Gasteiger partial charge in [0.25, 0.3) is 0 Å². The lowest BCUT2D eigenvalue weighted by Gasteiger charge is -2.24. The van der Waals surface area contributed by atoms with Crippen molar-refractivity contribution >= 4 is 17.5 Å². The molecule has 2 bridgehead atoms. The molecule has 2 fully saturated rings. The Labute approximate surface area is 144 Å². The zero-order valence-corrected chi connectivity index (χ0v) is 14.8. The van der Waals surface area contributed by atoms with E-state index in [4.69, 9.17) is 0 Å². The summed E-state index contributed by atoms with van der Waals surface area (Å²) in [6.45, 7) is 2.19. The molecular formula is C20H28N2O2. The molecule has 1 aromatic rings. The zero-order valence-electron chi connectivity index (χ0n) is 14.8. The van der Waals surface area contributed by atoms with Crippen LogP contribution in [0.25, 0.3) is 0 Å². The standard InChI is InChI=1S/C20H28N2O2/c1-3-15-6-4-5-7-18(15)21-19(23)13-22(2)20(24)12-17-11-14-8-9-16(17)10-14/h4-7,14,16-17H,3,8-13H2,1-2H3,(H,21,23)/t14-,16-,17-/m1/s1. The number of likely N-dealkylation sites (N-methyl/N-ethyl adjacent to an activating group) is 1. The topological polar surface area (TPSA) is 49.4 Å². The highest BCUT2D eigenvalue weighted by Crippen LogP contribution is 2.49. The van der Waals surface area contributed by atoms with E-state index in [0.717, 1.165) is 29.5 Å². The molecule has 0 unspecified atom stereocenters. The molecule has 1 N–H and O–H groups in total. The molecule has 0 heterocycles. The molecule has 0 radical (unpaired) electrons. The molecule has 2 aliphatic carbocycles. The highest BCUT2D eigenvalue weighted by Gasteiger charge is 2.40. The van der Waals surface area contributed by atoms with Gasteiger partial charge in [-0.25, -0.2) is 0 Å². The van der Waals surface area contributed by atoms with Crippen LogP contribution in [0.1, 0.15) is 44.6 Å². The Morgan fingerprint density at radius 2 is 2.00 bits per heavy atom. The number of hydrogen-bond acceptors (Lipinski definition) is 2.